The molecule has 8 heteroatoms. The first-order valence-electron chi connectivity index (χ1n) is 9.18. The number of anilines is 1. The molecular formula is C22H21N3O5. The summed E-state index contributed by atoms with van der Waals surface area (Å²) < 4.78 is 15.5. The molecule has 1 heterocycles. The van der Waals surface area contributed by atoms with E-state index >= 15 is 0 Å². The van der Waals surface area contributed by atoms with Gasteiger partial charge in [-0.2, -0.15) is 5.26 Å². The Balaban J connectivity index is 1.50. The van der Waals surface area contributed by atoms with Gasteiger partial charge in [-0.05, 0) is 41.5 Å². The van der Waals surface area contributed by atoms with Gasteiger partial charge in [0, 0.05) is 26.3 Å². The highest BCUT2D eigenvalue weighted by Gasteiger charge is 2.15. The average molecular weight is 407 g/mol. The van der Waals surface area contributed by atoms with E-state index in [2.05, 4.69) is 5.32 Å². The van der Waals surface area contributed by atoms with E-state index in [0.717, 1.165) is 11.3 Å². The average Bonchev–Trinajstić information content (AvgIpc) is 3.22. The largest absolute Gasteiger partial charge is 0.454 e. The van der Waals surface area contributed by atoms with Gasteiger partial charge in [0.1, 0.15) is 11.6 Å². The Morgan fingerprint density at radius 3 is 2.60 bits per heavy atom. The molecule has 0 unspecified atom stereocenters. The zero-order chi connectivity index (χ0) is 21.5. The van der Waals surface area contributed by atoms with Crippen LogP contribution in [0.15, 0.2) is 48.0 Å². The van der Waals surface area contributed by atoms with E-state index in [4.69, 9.17) is 14.2 Å². The Bertz CT molecular complexity index is 1010. The normalized spacial score (nSPS) is 12.1. The van der Waals surface area contributed by atoms with Crippen molar-refractivity contribution in [1.29, 1.82) is 5.26 Å². The highest BCUT2D eigenvalue weighted by molar-refractivity contribution is 5.98. The van der Waals surface area contributed by atoms with Crippen molar-refractivity contribution < 1.29 is 23.8 Å². The van der Waals surface area contributed by atoms with E-state index in [-0.39, 0.29) is 18.9 Å². The minimum absolute atomic E-state index is 0.176. The number of rotatable bonds is 7. The fourth-order valence-corrected chi connectivity index (χ4v) is 2.68. The van der Waals surface area contributed by atoms with E-state index in [9.17, 15) is 14.9 Å². The summed E-state index contributed by atoms with van der Waals surface area (Å²) in [6.07, 6.45) is 1.42. The Morgan fingerprint density at radius 1 is 1.17 bits per heavy atom. The standard InChI is InChI=1S/C22H21N3O5/c1-25(2)18-6-3-15(4-7-18)9-17(11-23)22(27)28-13-21(26)24-12-16-5-8-19-20(10-16)30-14-29-19/h3-10H,12-14H2,1-2H3,(H,24,26). The number of carbonyl (C=O) groups excluding carboxylic acids is 2. The summed E-state index contributed by atoms with van der Waals surface area (Å²) in [6, 6.07) is 14.5. The van der Waals surface area contributed by atoms with Crippen LogP contribution in [-0.4, -0.2) is 39.4 Å². The monoisotopic (exact) mass is 407 g/mol. The second-order valence-electron chi connectivity index (χ2n) is 6.70. The molecule has 0 aromatic heterocycles. The van der Waals surface area contributed by atoms with Gasteiger partial charge in [-0.1, -0.05) is 18.2 Å². The highest BCUT2D eigenvalue weighted by Crippen LogP contribution is 2.32. The first-order valence-corrected chi connectivity index (χ1v) is 9.18. The molecule has 2 aromatic rings. The number of amides is 1. The lowest BCUT2D eigenvalue weighted by atomic mass is 10.1. The van der Waals surface area contributed by atoms with Gasteiger partial charge in [-0.25, -0.2) is 4.79 Å². The molecule has 1 aliphatic heterocycles. The highest BCUT2D eigenvalue weighted by atomic mass is 16.7. The molecule has 154 valence electrons. The van der Waals surface area contributed by atoms with Crippen LogP contribution in [0.2, 0.25) is 0 Å². The third-order valence-corrected chi connectivity index (χ3v) is 4.32. The topological polar surface area (TPSA) is 101 Å². The van der Waals surface area contributed by atoms with Crippen LogP contribution < -0.4 is 19.7 Å². The van der Waals surface area contributed by atoms with E-state index in [1.165, 1.54) is 6.08 Å². The molecule has 0 saturated carbocycles. The van der Waals surface area contributed by atoms with E-state index in [0.29, 0.717) is 17.1 Å². The number of nitriles is 1. The molecule has 8 nitrogen and oxygen atoms in total. The number of nitrogens with one attached hydrogen (secondary N) is 1. The van der Waals surface area contributed by atoms with Crippen molar-refractivity contribution in [1.82, 2.24) is 5.32 Å². The fraction of sp³-hybridized carbons (Fsp3) is 0.227. The van der Waals surface area contributed by atoms with E-state index < -0.39 is 18.5 Å². The molecule has 0 aliphatic carbocycles. The first kappa shape index (κ1) is 20.7. The maximum atomic E-state index is 12.1. The minimum Gasteiger partial charge on any atom is -0.454 e. The number of hydrogen-bond acceptors (Lipinski definition) is 7. The molecule has 0 atom stereocenters. The predicted molar refractivity (Wildman–Crippen MR) is 110 cm³/mol. The molecule has 0 saturated heterocycles. The van der Waals surface area contributed by atoms with Crippen molar-refractivity contribution in [2.24, 2.45) is 0 Å². The van der Waals surface area contributed by atoms with Crippen LogP contribution in [0.5, 0.6) is 11.5 Å². The molecule has 0 bridgehead atoms. The SMILES string of the molecule is CN(C)c1ccc(C=C(C#N)C(=O)OCC(=O)NCc2ccc3c(c2)OCO3)cc1. The van der Waals surface area contributed by atoms with Gasteiger partial charge < -0.3 is 24.4 Å². The van der Waals surface area contributed by atoms with Crippen molar-refractivity contribution in [2.75, 3.05) is 32.4 Å². The molecule has 0 radical (unpaired) electrons. The molecule has 1 amide bonds. The van der Waals surface area contributed by atoms with E-state index in [1.807, 2.05) is 37.2 Å². The van der Waals surface area contributed by atoms with Gasteiger partial charge in [-0.15, -0.1) is 0 Å². The number of esters is 1. The maximum Gasteiger partial charge on any atom is 0.349 e. The summed E-state index contributed by atoms with van der Waals surface area (Å²) in [5, 5.41) is 11.9. The van der Waals surface area contributed by atoms with Crippen molar-refractivity contribution >= 4 is 23.6 Å². The summed E-state index contributed by atoms with van der Waals surface area (Å²) in [6.45, 7) is -0.0657. The van der Waals surface area contributed by atoms with Crippen molar-refractivity contribution in [3.63, 3.8) is 0 Å². The second-order valence-corrected chi connectivity index (χ2v) is 6.70. The predicted octanol–water partition coefficient (Wildman–Crippen LogP) is 2.25. The van der Waals surface area contributed by atoms with E-state index in [1.54, 1.807) is 30.3 Å². The van der Waals surface area contributed by atoms with Crippen LogP contribution in [0, 0.1) is 11.3 Å². The number of ether oxygens (including phenoxy) is 3. The molecule has 0 spiro atoms. The quantitative estimate of drug-likeness (QED) is 0.427. The Hall–Kier alpha value is -3.99. The third-order valence-electron chi connectivity index (χ3n) is 4.32. The molecule has 1 N–H and O–H groups in total. The number of hydrogen-bond donors (Lipinski definition) is 1. The zero-order valence-electron chi connectivity index (χ0n) is 16.7. The number of fused-ring (bicyclic) bond motifs is 1. The van der Waals surface area contributed by atoms with Gasteiger partial charge >= 0.3 is 5.97 Å². The lowest BCUT2D eigenvalue weighted by Gasteiger charge is -2.11. The fourth-order valence-electron chi connectivity index (χ4n) is 2.68. The van der Waals surface area contributed by atoms with Gasteiger partial charge in [0.05, 0.1) is 0 Å². The van der Waals surface area contributed by atoms with Crippen LogP contribution in [-0.2, 0) is 20.9 Å². The van der Waals surface area contributed by atoms with Crippen LogP contribution in [0.4, 0.5) is 5.69 Å². The van der Waals surface area contributed by atoms with Gasteiger partial charge in [0.25, 0.3) is 5.91 Å². The van der Waals surface area contributed by atoms with Crippen LogP contribution in [0.25, 0.3) is 6.08 Å². The molecule has 0 fully saturated rings. The van der Waals surface area contributed by atoms with Crippen molar-refractivity contribution in [2.45, 2.75) is 6.54 Å². The van der Waals surface area contributed by atoms with Crippen molar-refractivity contribution in [3.05, 3.63) is 59.2 Å². The number of benzene rings is 2. The van der Waals surface area contributed by atoms with Gasteiger partial charge in [0.15, 0.2) is 18.1 Å². The second kappa shape index (κ2) is 9.47. The number of carbonyl (C=O) groups is 2. The third kappa shape index (κ3) is 5.29. The molecule has 3 rings (SSSR count). The molecule has 30 heavy (non-hydrogen) atoms. The van der Waals surface area contributed by atoms with Crippen LogP contribution in [0.1, 0.15) is 11.1 Å². The van der Waals surface area contributed by atoms with Crippen LogP contribution >= 0.6 is 0 Å². The summed E-state index contributed by atoms with van der Waals surface area (Å²) in [7, 11) is 3.83. The van der Waals surface area contributed by atoms with Gasteiger partial charge in [0.2, 0.25) is 6.79 Å². The Labute approximate surface area is 174 Å². The lowest BCUT2D eigenvalue weighted by molar-refractivity contribution is -0.144. The summed E-state index contributed by atoms with van der Waals surface area (Å²) in [5.74, 6) is -0.0529. The summed E-state index contributed by atoms with van der Waals surface area (Å²) >= 11 is 0. The van der Waals surface area contributed by atoms with Crippen molar-refractivity contribution in [3.8, 4) is 17.6 Å². The molecule has 2 aromatic carbocycles. The summed E-state index contributed by atoms with van der Waals surface area (Å²) in [5.41, 5.74) is 2.31. The summed E-state index contributed by atoms with van der Waals surface area (Å²) in [4.78, 5) is 26.0. The maximum absolute atomic E-state index is 12.1. The molecule has 1 aliphatic rings. The Kier molecular flexibility index (Phi) is 6.55. The first-order chi connectivity index (χ1) is 14.5. The lowest BCUT2D eigenvalue weighted by Crippen LogP contribution is -2.28. The van der Waals surface area contributed by atoms with Crippen LogP contribution in [0.3, 0.4) is 0 Å². The molecular weight excluding hydrogens is 386 g/mol. The van der Waals surface area contributed by atoms with Gasteiger partial charge in [-0.3, -0.25) is 4.79 Å². The minimum atomic E-state index is -0.854. The Morgan fingerprint density at radius 2 is 1.90 bits per heavy atom. The smallest absolute Gasteiger partial charge is 0.349 e. The number of nitrogens with zero attached hydrogens (tertiary/aromatic N) is 2. The zero-order valence-corrected chi connectivity index (χ0v) is 16.7.